The van der Waals surface area contributed by atoms with Crippen molar-refractivity contribution < 1.29 is 9.53 Å². The van der Waals surface area contributed by atoms with Crippen molar-refractivity contribution in [2.75, 3.05) is 18.0 Å². The SMILES string of the molecule is CC(C)(C)OC(=O)N[C@@H]1CCCN(c2nc3ccccc3n2Cc2ccccc2C#N)C1. The van der Waals surface area contributed by atoms with Crippen molar-refractivity contribution in [3.05, 3.63) is 59.7 Å². The van der Waals surface area contributed by atoms with Gasteiger partial charge in [-0.15, -0.1) is 0 Å². The number of alkyl carbamates (subject to hydrolysis) is 1. The van der Waals surface area contributed by atoms with Gasteiger partial charge in [0.1, 0.15) is 5.60 Å². The molecule has 0 aliphatic carbocycles. The van der Waals surface area contributed by atoms with E-state index in [1.807, 2.05) is 63.2 Å². The van der Waals surface area contributed by atoms with E-state index in [1.165, 1.54) is 0 Å². The first kappa shape index (κ1) is 21.7. The Morgan fingerprint density at radius 1 is 1.22 bits per heavy atom. The first-order chi connectivity index (χ1) is 15.3. The van der Waals surface area contributed by atoms with E-state index in [0.29, 0.717) is 18.7 Å². The van der Waals surface area contributed by atoms with Crippen LogP contribution < -0.4 is 10.2 Å². The fourth-order valence-electron chi connectivity index (χ4n) is 4.15. The highest BCUT2D eigenvalue weighted by molar-refractivity contribution is 5.79. The van der Waals surface area contributed by atoms with Crippen LogP contribution in [-0.4, -0.2) is 40.4 Å². The highest BCUT2D eigenvalue weighted by atomic mass is 16.6. The number of nitrogens with one attached hydrogen (secondary N) is 1. The number of carbonyl (C=O) groups excluding carboxylic acids is 1. The summed E-state index contributed by atoms with van der Waals surface area (Å²) < 4.78 is 7.61. The number of benzene rings is 2. The largest absolute Gasteiger partial charge is 0.444 e. The zero-order chi connectivity index (χ0) is 22.7. The Balaban J connectivity index is 1.62. The Hall–Kier alpha value is -3.53. The van der Waals surface area contributed by atoms with Gasteiger partial charge < -0.3 is 19.5 Å². The van der Waals surface area contributed by atoms with E-state index in [-0.39, 0.29) is 12.1 Å². The number of ether oxygens (including phenoxy) is 1. The molecule has 0 spiro atoms. The van der Waals surface area contributed by atoms with E-state index in [4.69, 9.17) is 9.72 Å². The number of hydrogen-bond donors (Lipinski definition) is 1. The quantitative estimate of drug-likeness (QED) is 0.660. The minimum atomic E-state index is -0.527. The van der Waals surface area contributed by atoms with Gasteiger partial charge in [0.05, 0.1) is 29.2 Å². The number of piperidine rings is 1. The number of fused-ring (bicyclic) bond motifs is 1. The topological polar surface area (TPSA) is 83.2 Å². The van der Waals surface area contributed by atoms with Crippen LogP contribution in [0.4, 0.5) is 10.7 Å². The average molecular weight is 432 g/mol. The first-order valence-corrected chi connectivity index (χ1v) is 11.0. The lowest BCUT2D eigenvalue weighted by Crippen LogP contribution is -2.49. The number of amides is 1. The van der Waals surface area contributed by atoms with Gasteiger partial charge in [-0.3, -0.25) is 0 Å². The van der Waals surface area contributed by atoms with Crippen LogP contribution >= 0.6 is 0 Å². The standard InChI is InChI=1S/C25H29N5O2/c1-25(2,3)32-24(31)27-20-11-8-14-29(17-20)23-28-21-12-6-7-13-22(21)30(23)16-19-10-5-4-9-18(19)15-26/h4-7,9-10,12-13,20H,8,11,14,16-17H2,1-3H3,(H,27,31)/t20-/m1/s1. The zero-order valence-corrected chi connectivity index (χ0v) is 18.8. The zero-order valence-electron chi connectivity index (χ0n) is 18.8. The van der Waals surface area contributed by atoms with E-state index in [0.717, 1.165) is 41.9 Å². The number of anilines is 1. The van der Waals surface area contributed by atoms with Crippen molar-refractivity contribution in [1.82, 2.24) is 14.9 Å². The van der Waals surface area contributed by atoms with Gasteiger partial charge in [0.25, 0.3) is 0 Å². The van der Waals surface area contributed by atoms with Crippen LogP contribution in [-0.2, 0) is 11.3 Å². The number of para-hydroxylation sites is 2. The molecule has 1 N–H and O–H groups in total. The summed E-state index contributed by atoms with van der Waals surface area (Å²) in [5.74, 6) is 0.856. The summed E-state index contributed by atoms with van der Waals surface area (Å²) in [4.78, 5) is 19.4. The molecule has 3 aromatic rings. The predicted octanol–water partition coefficient (Wildman–Crippen LogP) is 4.45. The molecule has 0 radical (unpaired) electrons. The number of imidazole rings is 1. The van der Waals surface area contributed by atoms with Crippen molar-refractivity contribution in [1.29, 1.82) is 5.26 Å². The number of rotatable bonds is 4. The molecule has 2 aromatic carbocycles. The molecular weight excluding hydrogens is 402 g/mol. The second kappa shape index (κ2) is 8.91. The van der Waals surface area contributed by atoms with Crippen LogP contribution in [0.2, 0.25) is 0 Å². The second-order valence-corrected chi connectivity index (χ2v) is 9.19. The van der Waals surface area contributed by atoms with Crippen molar-refractivity contribution in [2.45, 2.75) is 51.8 Å². The molecule has 4 rings (SSSR count). The lowest BCUT2D eigenvalue weighted by Gasteiger charge is -2.34. The molecule has 1 amide bonds. The molecule has 1 fully saturated rings. The van der Waals surface area contributed by atoms with Crippen molar-refractivity contribution >= 4 is 23.1 Å². The summed E-state index contributed by atoms with van der Waals surface area (Å²) in [7, 11) is 0. The summed E-state index contributed by atoms with van der Waals surface area (Å²) in [6, 6.07) is 18.0. The van der Waals surface area contributed by atoms with Gasteiger partial charge in [0.15, 0.2) is 0 Å². The van der Waals surface area contributed by atoms with Crippen LogP contribution in [0.1, 0.15) is 44.7 Å². The Morgan fingerprint density at radius 2 is 1.97 bits per heavy atom. The van der Waals surface area contributed by atoms with Gasteiger partial charge in [-0.25, -0.2) is 9.78 Å². The van der Waals surface area contributed by atoms with Gasteiger partial charge >= 0.3 is 6.09 Å². The predicted molar refractivity (Wildman–Crippen MR) is 125 cm³/mol. The molecular formula is C25H29N5O2. The van der Waals surface area contributed by atoms with E-state index in [1.54, 1.807) is 0 Å². The lowest BCUT2D eigenvalue weighted by atomic mass is 10.1. The molecule has 0 unspecified atom stereocenters. The van der Waals surface area contributed by atoms with Gasteiger partial charge in [-0.05, 0) is 57.4 Å². The minimum Gasteiger partial charge on any atom is -0.444 e. The van der Waals surface area contributed by atoms with Crippen LogP contribution in [0.25, 0.3) is 11.0 Å². The summed E-state index contributed by atoms with van der Waals surface area (Å²) >= 11 is 0. The van der Waals surface area contributed by atoms with E-state index >= 15 is 0 Å². The van der Waals surface area contributed by atoms with Gasteiger partial charge in [-0.1, -0.05) is 30.3 Å². The molecule has 166 valence electrons. The van der Waals surface area contributed by atoms with Gasteiger partial charge in [0, 0.05) is 19.1 Å². The Bertz CT molecular complexity index is 1160. The maximum absolute atomic E-state index is 12.3. The smallest absolute Gasteiger partial charge is 0.407 e. The molecule has 1 aliphatic heterocycles. The number of hydrogen-bond acceptors (Lipinski definition) is 5. The summed E-state index contributed by atoms with van der Waals surface area (Å²) in [6.07, 6.45) is 1.45. The van der Waals surface area contributed by atoms with Crippen LogP contribution in [0.3, 0.4) is 0 Å². The van der Waals surface area contributed by atoms with Crippen molar-refractivity contribution in [3.8, 4) is 6.07 Å². The number of nitriles is 1. The van der Waals surface area contributed by atoms with Gasteiger partial charge in [0.2, 0.25) is 5.95 Å². The fraction of sp³-hybridized carbons (Fsp3) is 0.400. The van der Waals surface area contributed by atoms with Crippen molar-refractivity contribution in [3.63, 3.8) is 0 Å². The van der Waals surface area contributed by atoms with Crippen LogP contribution in [0.15, 0.2) is 48.5 Å². The van der Waals surface area contributed by atoms with Gasteiger partial charge in [-0.2, -0.15) is 5.26 Å². The number of nitrogens with zero attached hydrogens (tertiary/aromatic N) is 4. The normalized spacial score (nSPS) is 16.6. The second-order valence-electron chi connectivity index (χ2n) is 9.19. The summed E-state index contributed by atoms with van der Waals surface area (Å²) in [5, 5.41) is 12.6. The molecule has 32 heavy (non-hydrogen) atoms. The molecule has 1 aliphatic rings. The molecule has 0 saturated carbocycles. The first-order valence-electron chi connectivity index (χ1n) is 11.0. The van der Waals surface area contributed by atoms with E-state index in [9.17, 15) is 10.1 Å². The molecule has 1 atom stereocenters. The fourth-order valence-corrected chi connectivity index (χ4v) is 4.15. The third-order valence-corrected chi connectivity index (χ3v) is 5.53. The highest BCUT2D eigenvalue weighted by Crippen LogP contribution is 2.27. The molecule has 1 saturated heterocycles. The maximum atomic E-state index is 12.3. The lowest BCUT2D eigenvalue weighted by molar-refractivity contribution is 0.0500. The third-order valence-electron chi connectivity index (χ3n) is 5.53. The third kappa shape index (κ3) is 4.86. The van der Waals surface area contributed by atoms with Crippen LogP contribution in [0, 0.1) is 11.3 Å². The molecule has 1 aromatic heterocycles. The molecule has 2 heterocycles. The average Bonchev–Trinajstić information content (AvgIpc) is 3.11. The van der Waals surface area contributed by atoms with E-state index in [2.05, 4.69) is 26.9 Å². The summed E-state index contributed by atoms with van der Waals surface area (Å²) in [6.45, 7) is 7.65. The molecule has 7 nitrogen and oxygen atoms in total. The monoisotopic (exact) mass is 431 g/mol. The maximum Gasteiger partial charge on any atom is 0.407 e. The Morgan fingerprint density at radius 3 is 2.75 bits per heavy atom. The van der Waals surface area contributed by atoms with Crippen LogP contribution in [0.5, 0.6) is 0 Å². The highest BCUT2D eigenvalue weighted by Gasteiger charge is 2.27. The molecule has 7 heteroatoms. The van der Waals surface area contributed by atoms with E-state index < -0.39 is 5.60 Å². The number of carbonyl (C=O) groups is 1. The number of aromatic nitrogens is 2. The molecule has 0 bridgehead atoms. The minimum absolute atomic E-state index is 0.0155. The Kier molecular flexibility index (Phi) is 6.04. The Labute approximate surface area is 188 Å². The summed E-state index contributed by atoms with van der Waals surface area (Å²) in [5.41, 5.74) is 3.04. The van der Waals surface area contributed by atoms with Crippen molar-refractivity contribution in [2.24, 2.45) is 0 Å².